The van der Waals surface area contributed by atoms with Crippen LogP contribution in [-0.4, -0.2) is 17.1 Å². The van der Waals surface area contributed by atoms with Crippen LogP contribution in [0.4, 0.5) is 23.0 Å². The highest BCUT2D eigenvalue weighted by Gasteiger charge is 2.06. The maximum atomic E-state index is 6.17. The first-order valence-electron chi connectivity index (χ1n) is 7.83. The maximum Gasteiger partial charge on any atom is 0.137 e. The fourth-order valence-corrected chi connectivity index (χ4v) is 2.63. The van der Waals surface area contributed by atoms with E-state index in [0.717, 1.165) is 17.2 Å². The smallest absolute Gasteiger partial charge is 0.137 e. The van der Waals surface area contributed by atoms with Crippen LogP contribution in [-0.2, 0) is 0 Å². The van der Waals surface area contributed by atoms with E-state index in [9.17, 15) is 0 Å². The zero-order valence-corrected chi connectivity index (χ0v) is 15.1. The Labute approximate surface area is 152 Å². The Morgan fingerprint density at radius 1 is 0.840 bits per heavy atom. The van der Waals surface area contributed by atoms with Gasteiger partial charge in [-0.15, -0.1) is 0 Å². The molecule has 3 aromatic rings. The van der Waals surface area contributed by atoms with Gasteiger partial charge in [0.05, 0.1) is 12.1 Å². The molecule has 0 aliphatic rings. The highest BCUT2D eigenvalue weighted by Crippen LogP contribution is 2.29. The number of aromatic nitrogens is 2. The van der Waals surface area contributed by atoms with Gasteiger partial charge in [-0.25, -0.2) is 9.97 Å². The summed E-state index contributed by atoms with van der Waals surface area (Å²) in [5.41, 5.74) is 3.01. The summed E-state index contributed by atoms with van der Waals surface area (Å²) in [5, 5.41) is 7.07. The van der Waals surface area contributed by atoms with Crippen molar-refractivity contribution in [3.05, 3.63) is 64.9 Å². The van der Waals surface area contributed by atoms with Crippen molar-refractivity contribution >= 4 is 34.6 Å². The first-order chi connectivity index (χ1) is 12.0. The van der Waals surface area contributed by atoms with E-state index in [1.807, 2.05) is 37.3 Å². The zero-order chi connectivity index (χ0) is 17.8. The molecule has 2 N–H and O–H groups in total. The molecule has 0 spiro atoms. The van der Waals surface area contributed by atoms with Crippen molar-refractivity contribution in [3.8, 4) is 5.75 Å². The van der Waals surface area contributed by atoms with Crippen LogP contribution < -0.4 is 15.4 Å². The number of anilines is 4. The SMILES string of the molecule is COc1ccc(Nc2cc(Nc3ccc(C)cc3)nc(C)n2)cc1Cl. The fraction of sp³-hybridized carbons (Fsp3) is 0.158. The number of methoxy groups -OCH3 is 1. The normalized spacial score (nSPS) is 10.4. The molecule has 0 aliphatic carbocycles. The molecule has 0 saturated carbocycles. The van der Waals surface area contributed by atoms with Gasteiger partial charge in [-0.3, -0.25) is 0 Å². The summed E-state index contributed by atoms with van der Waals surface area (Å²) in [7, 11) is 1.59. The van der Waals surface area contributed by atoms with E-state index < -0.39 is 0 Å². The molecule has 0 radical (unpaired) electrons. The molecule has 3 rings (SSSR count). The van der Waals surface area contributed by atoms with Crippen LogP contribution in [0.1, 0.15) is 11.4 Å². The number of nitrogens with zero attached hydrogens (tertiary/aromatic N) is 2. The number of aryl methyl sites for hydroxylation is 2. The fourth-order valence-electron chi connectivity index (χ4n) is 2.37. The number of hydrogen-bond acceptors (Lipinski definition) is 5. The Bertz CT molecular complexity index is 881. The Hall–Kier alpha value is -2.79. The summed E-state index contributed by atoms with van der Waals surface area (Å²) in [5.74, 6) is 2.70. The minimum absolute atomic E-state index is 0.538. The van der Waals surface area contributed by atoms with E-state index in [-0.39, 0.29) is 0 Å². The minimum Gasteiger partial charge on any atom is -0.495 e. The molecule has 2 aromatic carbocycles. The molecule has 0 unspecified atom stereocenters. The van der Waals surface area contributed by atoms with Crippen molar-refractivity contribution in [2.75, 3.05) is 17.7 Å². The number of benzene rings is 2. The molecule has 25 heavy (non-hydrogen) atoms. The molecule has 6 heteroatoms. The Morgan fingerprint density at radius 2 is 1.44 bits per heavy atom. The molecule has 0 aliphatic heterocycles. The minimum atomic E-state index is 0.538. The van der Waals surface area contributed by atoms with Gasteiger partial charge in [0.25, 0.3) is 0 Å². The second-order valence-corrected chi connectivity index (χ2v) is 6.06. The first kappa shape index (κ1) is 17.0. The van der Waals surface area contributed by atoms with Crippen LogP contribution in [0.3, 0.4) is 0 Å². The molecule has 0 atom stereocenters. The molecular formula is C19H19ClN4O. The van der Waals surface area contributed by atoms with Gasteiger partial charge in [-0.1, -0.05) is 29.3 Å². The number of hydrogen-bond donors (Lipinski definition) is 2. The second kappa shape index (κ2) is 7.40. The van der Waals surface area contributed by atoms with E-state index in [1.54, 1.807) is 13.2 Å². The van der Waals surface area contributed by atoms with Crippen molar-refractivity contribution < 1.29 is 4.74 Å². The highest BCUT2D eigenvalue weighted by atomic mass is 35.5. The molecule has 0 bridgehead atoms. The average Bonchev–Trinajstić information content (AvgIpc) is 2.57. The first-order valence-corrected chi connectivity index (χ1v) is 8.21. The lowest BCUT2D eigenvalue weighted by Gasteiger charge is -2.11. The van der Waals surface area contributed by atoms with Crippen LogP contribution in [0.2, 0.25) is 5.02 Å². The third-order valence-electron chi connectivity index (χ3n) is 3.59. The summed E-state index contributed by atoms with van der Waals surface area (Å²) >= 11 is 6.17. The largest absolute Gasteiger partial charge is 0.495 e. The monoisotopic (exact) mass is 354 g/mol. The topological polar surface area (TPSA) is 59.1 Å². The van der Waals surface area contributed by atoms with E-state index in [2.05, 4.69) is 39.7 Å². The van der Waals surface area contributed by atoms with E-state index >= 15 is 0 Å². The molecule has 0 saturated heterocycles. The van der Waals surface area contributed by atoms with Crippen LogP contribution >= 0.6 is 11.6 Å². The lowest BCUT2D eigenvalue weighted by molar-refractivity contribution is 0.415. The van der Waals surface area contributed by atoms with Crippen LogP contribution in [0.25, 0.3) is 0 Å². The van der Waals surface area contributed by atoms with Crippen molar-refractivity contribution in [1.82, 2.24) is 9.97 Å². The highest BCUT2D eigenvalue weighted by molar-refractivity contribution is 6.32. The third kappa shape index (κ3) is 4.39. The summed E-state index contributed by atoms with van der Waals surface area (Å²) in [6, 6.07) is 15.5. The molecule has 128 valence electrons. The van der Waals surface area contributed by atoms with E-state index in [0.29, 0.717) is 22.4 Å². The lowest BCUT2D eigenvalue weighted by atomic mass is 10.2. The standard InChI is InChI=1S/C19H19ClN4O/c1-12-4-6-14(7-5-12)23-18-11-19(22-13(2)21-18)24-15-8-9-17(25-3)16(20)10-15/h4-11H,1-3H3,(H2,21,22,23,24). The number of rotatable bonds is 5. The third-order valence-corrected chi connectivity index (χ3v) is 3.88. The number of nitrogens with one attached hydrogen (secondary N) is 2. The van der Waals surface area contributed by atoms with E-state index in [4.69, 9.17) is 16.3 Å². The van der Waals surface area contributed by atoms with Gasteiger partial charge < -0.3 is 15.4 Å². The molecule has 5 nitrogen and oxygen atoms in total. The molecule has 0 fully saturated rings. The van der Waals surface area contributed by atoms with Crippen molar-refractivity contribution in [2.24, 2.45) is 0 Å². The quantitative estimate of drug-likeness (QED) is 0.656. The number of ether oxygens (including phenoxy) is 1. The van der Waals surface area contributed by atoms with Gasteiger partial charge in [0.1, 0.15) is 23.2 Å². The second-order valence-electron chi connectivity index (χ2n) is 5.65. The van der Waals surface area contributed by atoms with Crippen molar-refractivity contribution in [1.29, 1.82) is 0 Å². The summed E-state index contributed by atoms with van der Waals surface area (Å²) in [4.78, 5) is 8.85. The summed E-state index contributed by atoms with van der Waals surface area (Å²) in [6.07, 6.45) is 0. The van der Waals surface area contributed by atoms with Gasteiger partial charge in [0, 0.05) is 17.4 Å². The van der Waals surface area contributed by atoms with Crippen LogP contribution in [0.15, 0.2) is 48.5 Å². The summed E-state index contributed by atoms with van der Waals surface area (Å²) < 4.78 is 5.17. The van der Waals surface area contributed by atoms with Crippen LogP contribution in [0, 0.1) is 13.8 Å². The predicted molar refractivity (Wildman–Crippen MR) is 103 cm³/mol. The van der Waals surface area contributed by atoms with Crippen LogP contribution in [0.5, 0.6) is 5.75 Å². The van der Waals surface area contributed by atoms with Crippen molar-refractivity contribution in [3.63, 3.8) is 0 Å². The number of halogens is 1. The molecular weight excluding hydrogens is 336 g/mol. The van der Waals surface area contributed by atoms with E-state index in [1.165, 1.54) is 5.56 Å². The van der Waals surface area contributed by atoms with Gasteiger partial charge in [-0.2, -0.15) is 0 Å². The predicted octanol–water partition coefficient (Wildman–Crippen LogP) is 5.24. The van der Waals surface area contributed by atoms with Gasteiger partial charge >= 0.3 is 0 Å². The molecule has 0 amide bonds. The summed E-state index contributed by atoms with van der Waals surface area (Å²) in [6.45, 7) is 3.91. The Morgan fingerprint density at radius 3 is 2.04 bits per heavy atom. The molecule has 1 aromatic heterocycles. The average molecular weight is 355 g/mol. The Balaban J connectivity index is 1.81. The van der Waals surface area contributed by atoms with Gasteiger partial charge in [0.2, 0.25) is 0 Å². The lowest BCUT2D eigenvalue weighted by Crippen LogP contribution is -2.01. The zero-order valence-electron chi connectivity index (χ0n) is 14.3. The molecule has 1 heterocycles. The van der Waals surface area contributed by atoms with Gasteiger partial charge in [0.15, 0.2) is 0 Å². The maximum absolute atomic E-state index is 6.17. The van der Waals surface area contributed by atoms with Crippen molar-refractivity contribution in [2.45, 2.75) is 13.8 Å². The van der Waals surface area contributed by atoms with Gasteiger partial charge in [-0.05, 0) is 44.2 Å². The Kier molecular flexibility index (Phi) is 5.05.